The summed E-state index contributed by atoms with van der Waals surface area (Å²) in [5, 5.41) is 12.9. The van der Waals surface area contributed by atoms with Crippen LogP contribution in [0.1, 0.15) is 39.5 Å². The van der Waals surface area contributed by atoms with E-state index in [4.69, 9.17) is 9.05 Å². The van der Waals surface area contributed by atoms with Crippen LogP contribution in [0.25, 0.3) is 33.3 Å². The van der Waals surface area contributed by atoms with Crippen LogP contribution >= 0.6 is 7.82 Å². The van der Waals surface area contributed by atoms with Gasteiger partial charge in [-0.3, -0.25) is 13.8 Å². The van der Waals surface area contributed by atoms with Gasteiger partial charge in [0, 0.05) is 34.6 Å². The predicted molar refractivity (Wildman–Crippen MR) is 151 cm³/mol. The number of amides is 1. The summed E-state index contributed by atoms with van der Waals surface area (Å²) in [6, 6.07) is 18.6. The van der Waals surface area contributed by atoms with Crippen molar-refractivity contribution in [1.82, 2.24) is 9.55 Å². The summed E-state index contributed by atoms with van der Waals surface area (Å²) in [5.41, 5.74) is 3.85. The molecule has 0 aliphatic heterocycles. The highest BCUT2D eigenvalue weighted by Crippen LogP contribution is 2.50. The van der Waals surface area contributed by atoms with Crippen molar-refractivity contribution < 1.29 is 23.3 Å². The van der Waals surface area contributed by atoms with Crippen LogP contribution in [0.2, 0.25) is 0 Å². The average Bonchev–Trinajstić information content (AvgIpc) is 3.26. The summed E-state index contributed by atoms with van der Waals surface area (Å²) in [4.78, 5) is 26.8. The Kier molecular flexibility index (Phi) is 7.86. The Morgan fingerprint density at radius 2 is 1.90 bits per heavy atom. The van der Waals surface area contributed by atoms with Gasteiger partial charge in [0.2, 0.25) is 5.91 Å². The molecule has 0 aliphatic carbocycles. The van der Waals surface area contributed by atoms with E-state index in [2.05, 4.69) is 22.9 Å². The number of anilines is 1. The van der Waals surface area contributed by atoms with Gasteiger partial charge < -0.3 is 14.8 Å². The topological polar surface area (TPSA) is 126 Å². The molecular formula is C29H29N4O5P. The Hall–Kier alpha value is -4.06. The average molecular weight is 545 g/mol. The molecule has 9 nitrogen and oxygen atoms in total. The Bertz CT molecular complexity index is 1650. The van der Waals surface area contributed by atoms with Gasteiger partial charge in [0.1, 0.15) is 11.9 Å². The van der Waals surface area contributed by atoms with Crippen LogP contribution in [0, 0.1) is 11.3 Å². The molecule has 39 heavy (non-hydrogen) atoms. The van der Waals surface area contributed by atoms with E-state index in [0.717, 1.165) is 27.6 Å². The second kappa shape index (κ2) is 11.0. The molecule has 2 N–H and O–H groups in total. The van der Waals surface area contributed by atoms with E-state index in [-0.39, 0.29) is 5.91 Å². The van der Waals surface area contributed by atoms with Crippen molar-refractivity contribution >= 4 is 30.5 Å². The van der Waals surface area contributed by atoms with Gasteiger partial charge in [-0.05, 0) is 75.2 Å². The lowest BCUT2D eigenvalue weighted by Gasteiger charge is -2.25. The molecule has 0 spiro atoms. The Balaban J connectivity index is 1.83. The number of pyridine rings is 1. The fraction of sp³-hybridized carbons (Fsp3) is 0.207. The monoisotopic (exact) mass is 544 g/mol. The highest BCUT2D eigenvalue weighted by Gasteiger charge is 2.32. The third kappa shape index (κ3) is 6.69. The molecule has 2 aromatic carbocycles. The van der Waals surface area contributed by atoms with E-state index >= 15 is 0 Å². The maximum absolute atomic E-state index is 12.7. The minimum absolute atomic E-state index is 0.317. The lowest BCUT2D eigenvalue weighted by molar-refractivity contribution is -0.111. The first-order valence-corrected chi connectivity index (χ1v) is 13.7. The van der Waals surface area contributed by atoms with Crippen molar-refractivity contribution in [3.63, 3.8) is 0 Å². The van der Waals surface area contributed by atoms with Gasteiger partial charge in [-0.25, -0.2) is 9.55 Å². The SMILES string of the molecule is C=CC(=O)Nc1cccc(-c2cnc3c(c2)c(-c2cccc(C#N)c2)cn3C(C)OP(=O)(O)OC(C)(C)C)c1. The van der Waals surface area contributed by atoms with E-state index in [9.17, 15) is 19.5 Å². The molecule has 0 saturated carbocycles. The Labute approximate surface area is 227 Å². The molecule has 200 valence electrons. The number of nitrogens with zero attached hydrogens (tertiary/aromatic N) is 3. The lowest BCUT2D eigenvalue weighted by Crippen LogP contribution is -2.19. The van der Waals surface area contributed by atoms with Gasteiger partial charge in [-0.15, -0.1) is 0 Å². The predicted octanol–water partition coefficient (Wildman–Crippen LogP) is 6.82. The van der Waals surface area contributed by atoms with Crippen LogP contribution in [0.4, 0.5) is 5.69 Å². The maximum atomic E-state index is 12.7. The van der Waals surface area contributed by atoms with Crippen molar-refractivity contribution in [3.8, 4) is 28.3 Å². The molecule has 0 saturated heterocycles. The van der Waals surface area contributed by atoms with Crippen LogP contribution < -0.4 is 5.32 Å². The van der Waals surface area contributed by atoms with E-state index in [0.29, 0.717) is 16.9 Å². The number of phosphoric acid groups is 1. The highest BCUT2D eigenvalue weighted by atomic mass is 31.2. The quantitative estimate of drug-likeness (QED) is 0.184. The standard InChI is InChI=1S/C29H29N4O5P/c1-6-27(34)32-24-12-8-10-21(14-24)23-15-25-26(22-11-7-9-20(13-22)16-30)18-33(28(25)31-17-23)19(2)37-39(35,36)38-29(3,4)5/h6-15,17-19H,1H2,2-5H3,(H,32,34)(H,35,36). The fourth-order valence-electron chi connectivity index (χ4n) is 4.13. The van der Waals surface area contributed by atoms with Gasteiger partial charge in [-0.1, -0.05) is 30.8 Å². The molecule has 0 aliphatic rings. The number of nitrogens with one attached hydrogen (secondary N) is 1. The summed E-state index contributed by atoms with van der Waals surface area (Å²) in [7, 11) is -4.40. The largest absolute Gasteiger partial charge is 0.474 e. The summed E-state index contributed by atoms with van der Waals surface area (Å²) in [5.74, 6) is -0.317. The molecule has 0 radical (unpaired) electrons. The molecule has 4 aromatic rings. The van der Waals surface area contributed by atoms with Gasteiger partial charge in [0.05, 0.1) is 17.2 Å². The van der Waals surface area contributed by atoms with Gasteiger partial charge in [-0.2, -0.15) is 5.26 Å². The van der Waals surface area contributed by atoms with Gasteiger partial charge in [0.25, 0.3) is 0 Å². The number of hydrogen-bond acceptors (Lipinski definition) is 6. The first-order valence-electron chi connectivity index (χ1n) is 12.2. The lowest BCUT2D eigenvalue weighted by atomic mass is 10.0. The fourth-order valence-corrected chi connectivity index (χ4v) is 5.36. The molecule has 2 heterocycles. The molecular weight excluding hydrogens is 515 g/mol. The third-order valence-electron chi connectivity index (χ3n) is 5.69. The van der Waals surface area contributed by atoms with Crippen molar-refractivity contribution in [2.45, 2.75) is 39.5 Å². The minimum atomic E-state index is -4.40. The van der Waals surface area contributed by atoms with E-state index < -0.39 is 19.7 Å². The van der Waals surface area contributed by atoms with Crippen LogP contribution in [0.5, 0.6) is 0 Å². The number of benzene rings is 2. The van der Waals surface area contributed by atoms with Crippen molar-refractivity contribution in [3.05, 3.63) is 85.2 Å². The van der Waals surface area contributed by atoms with Crippen LogP contribution in [-0.4, -0.2) is 26.0 Å². The molecule has 2 atom stereocenters. The number of phosphoric ester groups is 1. The van der Waals surface area contributed by atoms with Gasteiger partial charge >= 0.3 is 7.82 Å². The molecule has 0 fully saturated rings. The zero-order chi connectivity index (χ0) is 28.4. The molecule has 2 unspecified atom stereocenters. The minimum Gasteiger partial charge on any atom is -0.323 e. The van der Waals surface area contributed by atoms with E-state index in [1.165, 1.54) is 6.08 Å². The molecule has 2 aromatic heterocycles. The van der Waals surface area contributed by atoms with Crippen LogP contribution in [0.3, 0.4) is 0 Å². The summed E-state index contributed by atoms with van der Waals surface area (Å²) in [6.45, 7) is 10.1. The zero-order valence-corrected chi connectivity index (χ0v) is 23.0. The second-order valence-electron chi connectivity index (χ2n) is 9.89. The van der Waals surface area contributed by atoms with E-state index in [1.807, 2.05) is 30.3 Å². The van der Waals surface area contributed by atoms with Crippen molar-refractivity contribution in [1.29, 1.82) is 5.26 Å². The molecule has 4 rings (SSSR count). The first kappa shape index (κ1) is 28.0. The number of fused-ring (bicyclic) bond motifs is 1. The van der Waals surface area contributed by atoms with Crippen molar-refractivity contribution in [2.75, 3.05) is 5.32 Å². The van der Waals surface area contributed by atoms with Crippen LogP contribution in [0.15, 0.2) is 79.6 Å². The maximum Gasteiger partial charge on any atom is 0.474 e. The van der Waals surface area contributed by atoms with Crippen LogP contribution in [-0.2, 0) is 18.4 Å². The zero-order valence-electron chi connectivity index (χ0n) is 22.1. The Morgan fingerprint density at radius 1 is 1.18 bits per heavy atom. The third-order valence-corrected chi connectivity index (χ3v) is 7.04. The molecule has 1 amide bonds. The number of hydrogen-bond donors (Lipinski definition) is 2. The van der Waals surface area contributed by atoms with Crippen molar-refractivity contribution in [2.24, 2.45) is 0 Å². The van der Waals surface area contributed by atoms with E-state index in [1.54, 1.807) is 68.9 Å². The molecule has 0 bridgehead atoms. The summed E-state index contributed by atoms with van der Waals surface area (Å²) < 4.78 is 25.1. The highest BCUT2D eigenvalue weighted by molar-refractivity contribution is 7.47. The first-order chi connectivity index (χ1) is 18.4. The number of nitriles is 1. The number of aromatic nitrogens is 2. The smallest absolute Gasteiger partial charge is 0.323 e. The number of rotatable bonds is 8. The van der Waals surface area contributed by atoms with Gasteiger partial charge in [0.15, 0.2) is 0 Å². The summed E-state index contributed by atoms with van der Waals surface area (Å²) in [6.07, 6.45) is 3.75. The number of carbonyl (C=O) groups excluding carboxylic acids is 1. The second-order valence-corrected chi connectivity index (χ2v) is 11.2. The molecule has 10 heteroatoms. The normalized spacial score (nSPS) is 13.8. The summed E-state index contributed by atoms with van der Waals surface area (Å²) >= 11 is 0. The Morgan fingerprint density at radius 3 is 2.59 bits per heavy atom. The number of carbonyl (C=O) groups is 1.